The summed E-state index contributed by atoms with van der Waals surface area (Å²) in [5.74, 6) is 1.16. The topological polar surface area (TPSA) is 64.4 Å². The Morgan fingerprint density at radius 1 is 1.32 bits per heavy atom. The van der Waals surface area contributed by atoms with Crippen molar-refractivity contribution in [3.63, 3.8) is 0 Å². The van der Waals surface area contributed by atoms with Crippen LogP contribution in [0.5, 0.6) is 5.75 Å². The molecule has 1 heterocycles. The van der Waals surface area contributed by atoms with Crippen molar-refractivity contribution in [2.24, 2.45) is 5.92 Å². The van der Waals surface area contributed by atoms with Gasteiger partial charge in [-0.15, -0.1) is 0 Å². The maximum Gasteiger partial charge on any atom is 0.269 e. The second-order valence-electron chi connectivity index (χ2n) is 6.37. The van der Waals surface area contributed by atoms with Gasteiger partial charge in [0.15, 0.2) is 0 Å². The molecular formula is C19H17ClN2O3. The molecule has 0 radical (unpaired) electrons. The summed E-state index contributed by atoms with van der Waals surface area (Å²) in [6, 6.07) is 10.5. The monoisotopic (exact) mass is 356 g/mol. The number of nitrogens with zero attached hydrogens (tertiary/aromatic N) is 1. The molecule has 128 valence electrons. The van der Waals surface area contributed by atoms with Crippen LogP contribution in [0.1, 0.15) is 29.5 Å². The first kappa shape index (κ1) is 16.0. The third-order valence-electron chi connectivity index (χ3n) is 5.09. The molecule has 6 heteroatoms. The summed E-state index contributed by atoms with van der Waals surface area (Å²) in [7, 11) is 1.63. The first-order chi connectivity index (χ1) is 12.1. The molecule has 0 saturated carbocycles. The van der Waals surface area contributed by atoms with Crippen LogP contribution in [0.2, 0.25) is 5.02 Å². The van der Waals surface area contributed by atoms with Gasteiger partial charge in [0.05, 0.1) is 23.8 Å². The number of non-ortho nitro benzene ring substituents is 1. The minimum absolute atomic E-state index is 0.0419. The van der Waals surface area contributed by atoms with Crippen LogP contribution >= 0.6 is 11.6 Å². The van der Waals surface area contributed by atoms with E-state index in [4.69, 9.17) is 16.3 Å². The fourth-order valence-electron chi connectivity index (χ4n) is 3.97. The van der Waals surface area contributed by atoms with Gasteiger partial charge in [0.25, 0.3) is 5.69 Å². The molecular weight excluding hydrogens is 340 g/mol. The summed E-state index contributed by atoms with van der Waals surface area (Å²) in [4.78, 5) is 10.8. The third kappa shape index (κ3) is 2.55. The van der Waals surface area contributed by atoms with Crippen molar-refractivity contribution in [1.82, 2.24) is 0 Å². The smallest absolute Gasteiger partial charge is 0.269 e. The van der Waals surface area contributed by atoms with Gasteiger partial charge in [0, 0.05) is 28.6 Å². The SMILES string of the molecule is COc1ccc(Cl)c2c1N[C@@H](c1cccc([N+](=O)[O-])c1)[C@@H]1CC=C[C@@H]21. The van der Waals surface area contributed by atoms with Crippen LogP contribution in [0.25, 0.3) is 0 Å². The number of methoxy groups -OCH3 is 1. The number of allylic oxidation sites excluding steroid dienone is 2. The second kappa shape index (κ2) is 6.08. The minimum Gasteiger partial charge on any atom is -0.495 e. The zero-order valence-corrected chi connectivity index (χ0v) is 14.4. The van der Waals surface area contributed by atoms with Gasteiger partial charge in [-0.2, -0.15) is 0 Å². The fraction of sp³-hybridized carbons (Fsp3) is 0.263. The van der Waals surface area contributed by atoms with E-state index >= 15 is 0 Å². The molecule has 1 aliphatic carbocycles. The summed E-state index contributed by atoms with van der Waals surface area (Å²) in [6.45, 7) is 0. The number of halogens is 1. The van der Waals surface area contributed by atoms with Crippen molar-refractivity contribution in [2.45, 2.75) is 18.4 Å². The van der Waals surface area contributed by atoms with Crippen molar-refractivity contribution < 1.29 is 9.66 Å². The molecule has 5 nitrogen and oxygen atoms in total. The molecule has 2 aromatic rings. The first-order valence-electron chi connectivity index (χ1n) is 8.14. The summed E-state index contributed by atoms with van der Waals surface area (Å²) in [5, 5.41) is 15.4. The number of nitro benzene ring substituents is 1. The number of ether oxygens (including phenoxy) is 1. The van der Waals surface area contributed by atoms with Crippen LogP contribution in [0, 0.1) is 16.0 Å². The molecule has 0 fully saturated rings. The normalized spacial score (nSPS) is 23.5. The zero-order chi connectivity index (χ0) is 17.6. The number of nitro groups is 1. The molecule has 0 spiro atoms. The van der Waals surface area contributed by atoms with E-state index in [1.807, 2.05) is 18.2 Å². The van der Waals surface area contributed by atoms with Crippen molar-refractivity contribution in [1.29, 1.82) is 0 Å². The number of hydrogen-bond acceptors (Lipinski definition) is 4. The Balaban J connectivity index is 1.84. The molecule has 25 heavy (non-hydrogen) atoms. The average molecular weight is 357 g/mol. The van der Waals surface area contributed by atoms with Crippen molar-refractivity contribution >= 4 is 23.0 Å². The van der Waals surface area contributed by atoms with E-state index in [0.717, 1.165) is 29.0 Å². The average Bonchev–Trinajstić information content (AvgIpc) is 3.11. The van der Waals surface area contributed by atoms with Gasteiger partial charge in [-0.05, 0) is 30.0 Å². The number of anilines is 1. The zero-order valence-electron chi connectivity index (χ0n) is 13.6. The molecule has 3 atom stereocenters. The lowest BCUT2D eigenvalue weighted by Crippen LogP contribution is -2.29. The standard InChI is InChI=1S/C19H17ClN2O3/c1-25-16-9-8-15(20)17-13-6-3-7-14(13)18(21-19(16)17)11-4-2-5-12(10-11)22(23)24/h2-6,8-10,13-14,18,21H,7H2,1H3/t13-,14-,18+/m1/s1. The molecule has 2 aromatic carbocycles. The van der Waals surface area contributed by atoms with Gasteiger partial charge in [0.1, 0.15) is 5.75 Å². The Hall–Kier alpha value is -2.53. The van der Waals surface area contributed by atoms with Crippen molar-refractivity contribution in [3.8, 4) is 5.75 Å². The third-order valence-corrected chi connectivity index (χ3v) is 5.42. The van der Waals surface area contributed by atoms with E-state index in [1.165, 1.54) is 6.07 Å². The Morgan fingerprint density at radius 2 is 2.16 bits per heavy atom. The van der Waals surface area contributed by atoms with Crippen LogP contribution in [0.4, 0.5) is 11.4 Å². The number of benzene rings is 2. The van der Waals surface area contributed by atoms with E-state index in [0.29, 0.717) is 5.02 Å². The van der Waals surface area contributed by atoms with E-state index in [-0.39, 0.29) is 28.5 Å². The maximum atomic E-state index is 11.1. The van der Waals surface area contributed by atoms with Crippen molar-refractivity contribution in [3.05, 3.63) is 74.8 Å². The van der Waals surface area contributed by atoms with E-state index < -0.39 is 0 Å². The van der Waals surface area contributed by atoms with E-state index in [1.54, 1.807) is 19.2 Å². The largest absolute Gasteiger partial charge is 0.495 e. The lowest BCUT2D eigenvalue weighted by atomic mass is 9.77. The molecule has 0 bridgehead atoms. The van der Waals surface area contributed by atoms with Gasteiger partial charge in [-0.1, -0.05) is 35.9 Å². The molecule has 0 amide bonds. The lowest BCUT2D eigenvalue weighted by Gasteiger charge is -2.38. The highest BCUT2D eigenvalue weighted by molar-refractivity contribution is 6.32. The Bertz CT molecular complexity index is 881. The number of hydrogen-bond donors (Lipinski definition) is 1. The van der Waals surface area contributed by atoms with Gasteiger partial charge in [-0.3, -0.25) is 10.1 Å². The Kier molecular flexibility index (Phi) is 3.88. The highest BCUT2D eigenvalue weighted by atomic mass is 35.5. The molecule has 1 N–H and O–H groups in total. The molecule has 0 saturated heterocycles. The molecule has 0 unspecified atom stereocenters. The quantitative estimate of drug-likeness (QED) is 0.473. The van der Waals surface area contributed by atoms with Crippen LogP contribution in [-0.4, -0.2) is 12.0 Å². The van der Waals surface area contributed by atoms with Crippen LogP contribution in [-0.2, 0) is 0 Å². The van der Waals surface area contributed by atoms with Crippen LogP contribution in [0.3, 0.4) is 0 Å². The van der Waals surface area contributed by atoms with Crippen LogP contribution < -0.4 is 10.1 Å². The lowest BCUT2D eigenvalue weighted by molar-refractivity contribution is -0.384. The summed E-state index contributed by atoms with van der Waals surface area (Å²) >= 11 is 6.48. The Morgan fingerprint density at radius 3 is 2.92 bits per heavy atom. The Labute approximate surface area is 150 Å². The molecule has 2 aliphatic rings. The number of rotatable bonds is 3. The van der Waals surface area contributed by atoms with Gasteiger partial charge in [0.2, 0.25) is 0 Å². The highest BCUT2D eigenvalue weighted by Crippen LogP contribution is 2.54. The molecule has 1 aliphatic heterocycles. The second-order valence-corrected chi connectivity index (χ2v) is 6.77. The van der Waals surface area contributed by atoms with Gasteiger partial charge < -0.3 is 10.1 Å². The maximum absolute atomic E-state index is 11.1. The van der Waals surface area contributed by atoms with Gasteiger partial charge >= 0.3 is 0 Å². The van der Waals surface area contributed by atoms with Gasteiger partial charge in [-0.25, -0.2) is 0 Å². The highest BCUT2D eigenvalue weighted by Gasteiger charge is 2.40. The predicted molar refractivity (Wildman–Crippen MR) is 97.5 cm³/mol. The first-order valence-corrected chi connectivity index (χ1v) is 8.52. The number of nitrogens with one attached hydrogen (secondary N) is 1. The molecule has 0 aromatic heterocycles. The summed E-state index contributed by atoms with van der Waals surface area (Å²) < 4.78 is 5.51. The minimum atomic E-state index is -0.359. The summed E-state index contributed by atoms with van der Waals surface area (Å²) in [6.07, 6.45) is 5.24. The van der Waals surface area contributed by atoms with E-state index in [2.05, 4.69) is 17.5 Å². The van der Waals surface area contributed by atoms with E-state index in [9.17, 15) is 10.1 Å². The summed E-state index contributed by atoms with van der Waals surface area (Å²) in [5.41, 5.74) is 2.92. The molecule has 4 rings (SSSR count). The van der Waals surface area contributed by atoms with Crippen molar-refractivity contribution in [2.75, 3.05) is 12.4 Å². The predicted octanol–water partition coefficient (Wildman–Crippen LogP) is 5.08. The number of fused-ring (bicyclic) bond motifs is 3. The fourth-order valence-corrected chi connectivity index (χ4v) is 4.25. The van der Waals surface area contributed by atoms with Crippen LogP contribution in [0.15, 0.2) is 48.6 Å².